The maximum absolute atomic E-state index is 8.87. The summed E-state index contributed by atoms with van der Waals surface area (Å²) in [7, 11) is 0. The van der Waals surface area contributed by atoms with Crippen LogP contribution in [0.15, 0.2) is 24.3 Å². The average molecular weight is 323 g/mol. The Labute approximate surface area is 143 Å². The second-order valence-electron chi connectivity index (χ2n) is 5.96. The smallest absolute Gasteiger partial charge is 0.222 e. The first-order chi connectivity index (χ1) is 11.6. The van der Waals surface area contributed by atoms with Gasteiger partial charge in [0.25, 0.3) is 0 Å². The van der Waals surface area contributed by atoms with E-state index in [2.05, 4.69) is 40.4 Å². The van der Waals surface area contributed by atoms with Gasteiger partial charge in [0, 0.05) is 24.2 Å². The maximum atomic E-state index is 8.87. The van der Waals surface area contributed by atoms with Crippen LogP contribution in [0.3, 0.4) is 0 Å². The van der Waals surface area contributed by atoms with E-state index >= 15 is 0 Å². The molecule has 0 saturated carbocycles. The molecule has 0 fully saturated rings. The number of nitrogen functional groups attached to an aromatic ring is 1. The van der Waals surface area contributed by atoms with Gasteiger partial charge in [-0.1, -0.05) is 44.0 Å². The normalized spacial score (nSPS) is 10.4. The molecular formula is C19H25N5. The minimum atomic E-state index is 0.299. The monoisotopic (exact) mass is 323 g/mol. The van der Waals surface area contributed by atoms with Crippen LogP contribution in [-0.4, -0.2) is 16.5 Å². The van der Waals surface area contributed by atoms with E-state index in [0.29, 0.717) is 12.4 Å². The first kappa shape index (κ1) is 17.7. The number of nitrogens with two attached hydrogens (primary N) is 1. The zero-order valence-corrected chi connectivity index (χ0v) is 14.5. The molecule has 5 heteroatoms. The van der Waals surface area contributed by atoms with Crippen molar-refractivity contribution in [3.05, 3.63) is 46.6 Å². The Morgan fingerprint density at radius 1 is 1.21 bits per heavy atom. The maximum Gasteiger partial charge on any atom is 0.222 e. The number of nitrogens with one attached hydrogen (secondary N) is 1. The summed E-state index contributed by atoms with van der Waals surface area (Å²) in [5.74, 6) is 1.12. The molecule has 0 amide bonds. The zero-order chi connectivity index (χ0) is 17.4. The van der Waals surface area contributed by atoms with Crippen LogP contribution in [0.2, 0.25) is 0 Å². The number of benzene rings is 1. The number of hydrogen-bond donors (Lipinski definition) is 2. The van der Waals surface area contributed by atoms with Crippen molar-refractivity contribution in [2.75, 3.05) is 17.6 Å². The van der Waals surface area contributed by atoms with Crippen molar-refractivity contribution in [2.45, 2.75) is 46.0 Å². The van der Waals surface area contributed by atoms with Crippen LogP contribution in [0.4, 0.5) is 11.8 Å². The number of rotatable bonds is 8. The molecule has 0 unspecified atom stereocenters. The van der Waals surface area contributed by atoms with Crippen LogP contribution >= 0.6 is 0 Å². The molecule has 0 atom stereocenters. The fourth-order valence-electron chi connectivity index (χ4n) is 2.70. The summed E-state index contributed by atoms with van der Waals surface area (Å²) in [6.45, 7) is 5.03. The van der Waals surface area contributed by atoms with Crippen LogP contribution in [-0.2, 0) is 12.8 Å². The van der Waals surface area contributed by atoms with Gasteiger partial charge in [-0.15, -0.1) is 0 Å². The first-order valence-electron chi connectivity index (χ1n) is 8.45. The van der Waals surface area contributed by atoms with Gasteiger partial charge in [0.15, 0.2) is 0 Å². The molecule has 0 saturated heterocycles. The van der Waals surface area contributed by atoms with E-state index in [1.807, 2.05) is 19.1 Å². The lowest BCUT2D eigenvalue weighted by Gasteiger charge is -2.14. The first-order valence-corrected chi connectivity index (χ1v) is 8.45. The van der Waals surface area contributed by atoms with E-state index in [-0.39, 0.29) is 0 Å². The lowest BCUT2D eigenvalue weighted by Crippen LogP contribution is -2.11. The average Bonchev–Trinajstić information content (AvgIpc) is 2.55. The number of nitriles is 1. The standard InChI is InChI=1S/C19H25N5/c1-3-4-5-11-22-18-17(14(2)23-19(21)24-18)13-16-8-6-7-15(12-16)9-10-20/h6-8,12H,3-5,9,11,13H2,1-2H3,(H3,21,22,23,24). The minimum Gasteiger partial charge on any atom is -0.370 e. The van der Waals surface area contributed by atoms with E-state index in [9.17, 15) is 0 Å². The number of aromatic nitrogens is 2. The van der Waals surface area contributed by atoms with Gasteiger partial charge in [0.1, 0.15) is 5.82 Å². The predicted octanol–water partition coefficient (Wildman–Crippen LogP) is 3.63. The third-order valence-corrected chi connectivity index (χ3v) is 3.96. The van der Waals surface area contributed by atoms with Gasteiger partial charge in [0.05, 0.1) is 12.5 Å². The summed E-state index contributed by atoms with van der Waals surface area (Å²) in [5, 5.41) is 12.3. The minimum absolute atomic E-state index is 0.299. The van der Waals surface area contributed by atoms with Crippen molar-refractivity contribution < 1.29 is 0 Å². The topological polar surface area (TPSA) is 87.6 Å². The van der Waals surface area contributed by atoms with Gasteiger partial charge in [0.2, 0.25) is 5.95 Å². The Hall–Kier alpha value is -2.61. The predicted molar refractivity (Wildman–Crippen MR) is 97.8 cm³/mol. The second kappa shape index (κ2) is 8.88. The summed E-state index contributed by atoms with van der Waals surface area (Å²) in [4.78, 5) is 8.70. The highest BCUT2D eigenvalue weighted by atomic mass is 15.1. The summed E-state index contributed by atoms with van der Waals surface area (Å²) >= 11 is 0. The molecule has 0 aliphatic carbocycles. The number of nitrogens with zero attached hydrogens (tertiary/aromatic N) is 3. The van der Waals surface area contributed by atoms with Crippen LogP contribution < -0.4 is 11.1 Å². The van der Waals surface area contributed by atoms with Gasteiger partial charge in [-0.2, -0.15) is 10.2 Å². The van der Waals surface area contributed by atoms with Gasteiger partial charge >= 0.3 is 0 Å². The molecule has 0 spiro atoms. The molecule has 2 aromatic rings. The molecule has 126 valence electrons. The molecule has 5 nitrogen and oxygen atoms in total. The van der Waals surface area contributed by atoms with Crippen molar-refractivity contribution in [3.8, 4) is 6.07 Å². The Morgan fingerprint density at radius 3 is 2.75 bits per heavy atom. The fraction of sp³-hybridized carbons (Fsp3) is 0.421. The fourth-order valence-corrected chi connectivity index (χ4v) is 2.70. The Morgan fingerprint density at radius 2 is 2.00 bits per heavy atom. The van der Waals surface area contributed by atoms with Crippen molar-refractivity contribution in [2.24, 2.45) is 0 Å². The molecule has 0 aliphatic heterocycles. The van der Waals surface area contributed by atoms with Gasteiger partial charge in [-0.25, -0.2) is 4.98 Å². The highest BCUT2D eigenvalue weighted by Crippen LogP contribution is 2.22. The van der Waals surface area contributed by atoms with Crippen LogP contribution in [0.25, 0.3) is 0 Å². The zero-order valence-electron chi connectivity index (χ0n) is 14.5. The highest BCUT2D eigenvalue weighted by molar-refractivity contribution is 5.51. The SMILES string of the molecule is CCCCCNc1nc(N)nc(C)c1Cc1cccc(CC#N)c1. The van der Waals surface area contributed by atoms with Gasteiger partial charge in [-0.3, -0.25) is 0 Å². The molecule has 0 aliphatic rings. The molecular weight excluding hydrogens is 298 g/mol. The second-order valence-corrected chi connectivity index (χ2v) is 5.96. The van der Waals surface area contributed by atoms with E-state index < -0.39 is 0 Å². The Bertz CT molecular complexity index is 718. The van der Waals surface area contributed by atoms with E-state index in [1.54, 1.807) is 0 Å². The summed E-state index contributed by atoms with van der Waals surface area (Å²) < 4.78 is 0. The van der Waals surface area contributed by atoms with E-state index in [0.717, 1.165) is 47.6 Å². The van der Waals surface area contributed by atoms with Crippen LogP contribution in [0, 0.1) is 18.3 Å². The summed E-state index contributed by atoms with van der Waals surface area (Å²) in [6, 6.07) is 10.3. The number of hydrogen-bond acceptors (Lipinski definition) is 5. The lowest BCUT2D eigenvalue weighted by molar-refractivity contribution is 0.741. The third kappa shape index (κ3) is 4.95. The molecule has 24 heavy (non-hydrogen) atoms. The number of aryl methyl sites for hydroxylation is 1. The molecule has 1 aromatic heterocycles. The van der Waals surface area contributed by atoms with Crippen LogP contribution in [0.5, 0.6) is 0 Å². The number of unbranched alkanes of at least 4 members (excludes halogenated alkanes) is 2. The molecule has 3 N–H and O–H groups in total. The Kier molecular flexibility index (Phi) is 6.56. The molecule has 2 rings (SSSR count). The van der Waals surface area contributed by atoms with Gasteiger partial charge < -0.3 is 11.1 Å². The van der Waals surface area contributed by atoms with Gasteiger partial charge in [-0.05, 0) is 24.5 Å². The highest BCUT2D eigenvalue weighted by Gasteiger charge is 2.11. The summed E-state index contributed by atoms with van der Waals surface area (Å²) in [6.07, 6.45) is 4.63. The van der Waals surface area contributed by atoms with Crippen molar-refractivity contribution in [1.82, 2.24) is 9.97 Å². The van der Waals surface area contributed by atoms with Crippen LogP contribution in [0.1, 0.15) is 48.6 Å². The summed E-state index contributed by atoms with van der Waals surface area (Å²) in [5.41, 5.74) is 9.95. The van der Waals surface area contributed by atoms with Crippen molar-refractivity contribution in [3.63, 3.8) is 0 Å². The van der Waals surface area contributed by atoms with E-state index in [1.165, 1.54) is 12.8 Å². The lowest BCUT2D eigenvalue weighted by atomic mass is 10.0. The van der Waals surface area contributed by atoms with Crippen molar-refractivity contribution >= 4 is 11.8 Å². The van der Waals surface area contributed by atoms with E-state index in [4.69, 9.17) is 11.0 Å². The third-order valence-electron chi connectivity index (χ3n) is 3.96. The Balaban J connectivity index is 2.21. The largest absolute Gasteiger partial charge is 0.370 e. The molecule has 1 aromatic carbocycles. The molecule has 1 heterocycles. The van der Waals surface area contributed by atoms with Crippen molar-refractivity contribution in [1.29, 1.82) is 5.26 Å². The number of anilines is 2. The molecule has 0 bridgehead atoms. The molecule has 0 radical (unpaired) electrons. The quantitative estimate of drug-likeness (QED) is 0.724.